The standard InChI is InChI=1S/C16H25N3O5S/c1-11(19-15(21)24-16(2,3)4)14(20)18-10-9-12-5-7-13(8-6-12)25(17,22)23/h5-8,11H,9-10H2,1-4H3,(H,18,20)(H,19,21)(H2,17,22,23). The van der Waals surface area contributed by atoms with E-state index in [1.165, 1.54) is 12.1 Å². The first-order chi connectivity index (χ1) is 11.4. The van der Waals surface area contributed by atoms with Gasteiger partial charge in [-0.05, 0) is 51.8 Å². The molecule has 0 heterocycles. The van der Waals surface area contributed by atoms with Gasteiger partial charge in [0.15, 0.2) is 0 Å². The van der Waals surface area contributed by atoms with Crippen molar-refractivity contribution >= 4 is 22.0 Å². The largest absolute Gasteiger partial charge is 0.444 e. The fourth-order valence-corrected chi connectivity index (χ4v) is 2.39. The smallest absolute Gasteiger partial charge is 0.408 e. The molecule has 0 aromatic heterocycles. The highest BCUT2D eigenvalue weighted by molar-refractivity contribution is 7.89. The van der Waals surface area contributed by atoms with Crippen LogP contribution in [0.4, 0.5) is 4.79 Å². The minimum absolute atomic E-state index is 0.0375. The molecule has 1 unspecified atom stereocenters. The quantitative estimate of drug-likeness (QED) is 0.685. The molecule has 0 aliphatic carbocycles. The van der Waals surface area contributed by atoms with Crippen molar-refractivity contribution in [2.45, 2.75) is 50.7 Å². The van der Waals surface area contributed by atoms with E-state index in [1.54, 1.807) is 39.8 Å². The average molecular weight is 371 g/mol. The molecule has 1 rings (SSSR count). The molecular weight excluding hydrogens is 346 g/mol. The van der Waals surface area contributed by atoms with Gasteiger partial charge >= 0.3 is 6.09 Å². The molecule has 0 aliphatic rings. The summed E-state index contributed by atoms with van der Waals surface area (Å²) in [6.07, 6.45) is -0.149. The van der Waals surface area contributed by atoms with Gasteiger partial charge in [-0.3, -0.25) is 4.79 Å². The summed E-state index contributed by atoms with van der Waals surface area (Å²) in [5, 5.41) is 10.2. The lowest BCUT2D eigenvalue weighted by Crippen LogP contribution is -2.46. The van der Waals surface area contributed by atoms with E-state index in [0.29, 0.717) is 13.0 Å². The molecule has 25 heavy (non-hydrogen) atoms. The van der Waals surface area contributed by atoms with Crippen LogP contribution in [-0.4, -0.2) is 38.6 Å². The van der Waals surface area contributed by atoms with Gasteiger partial charge in [0.1, 0.15) is 11.6 Å². The molecule has 4 N–H and O–H groups in total. The first-order valence-electron chi connectivity index (χ1n) is 7.77. The zero-order valence-electron chi connectivity index (χ0n) is 14.8. The Balaban J connectivity index is 2.42. The number of nitrogens with one attached hydrogen (secondary N) is 2. The maximum Gasteiger partial charge on any atom is 0.408 e. The second-order valence-electron chi connectivity index (χ2n) is 6.60. The Morgan fingerprint density at radius 2 is 1.76 bits per heavy atom. The Morgan fingerprint density at radius 1 is 1.20 bits per heavy atom. The predicted octanol–water partition coefficient (Wildman–Crippen LogP) is 0.906. The summed E-state index contributed by atoms with van der Waals surface area (Å²) in [5.41, 5.74) is 0.212. The number of alkyl carbamates (subject to hydrolysis) is 1. The van der Waals surface area contributed by atoms with Crippen LogP contribution in [0.25, 0.3) is 0 Å². The number of nitrogens with two attached hydrogens (primary N) is 1. The summed E-state index contributed by atoms with van der Waals surface area (Å²) in [5.74, 6) is -0.341. The van der Waals surface area contributed by atoms with E-state index in [9.17, 15) is 18.0 Å². The van der Waals surface area contributed by atoms with Gasteiger partial charge in [0, 0.05) is 6.54 Å². The zero-order valence-corrected chi connectivity index (χ0v) is 15.6. The molecule has 8 nitrogen and oxygen atoms in total. The molecule has 1 atom stereocenters. The van der Waals surface area contributed by atoms with Crippen molar-refractivity contribution in [2.75, 3.05) is 6.54 Å². The summed E-state index contributed by atoms with van der Waals surface area (Å²) in [6, 6.07) is 5.36. The number of ether oxygens (including phenoxy) is 1. The van der Waals surface area contributed by atoms with E-state index in [0.717, 1.165) is 5.56 Å². The molecule has 0 radical (unpaired) electrons. The Kier molecular flexibility index (Phi) is 6.95. The SMILES string of the molecule is CC(NC(=O)OC(C)(C)C)C(=O)NCCc1ccc(S(N)(=O)=O)cc1. The number of sulfonamides is 1. The van der Waals surface area contributed by atoms with Crippen LogP contribution in [0.15, 0.2) is 29.2 Å². The number of primary sulfonamides is 1. The minimum atomic E-state index is -3.71. The fourth-order valence-electron chi connectivity index (χ4n) is 1.88. The number of hydrogen-bond acceptors (Lipinski definition) is 5. The normalized spacial score (nSPS) is 13.0. The van der Waals surface area contributed by atoms with Crippen LogP contribution in [0.2, 0.25) is 0 Å². The van der Waals surface area contributed by atoms with Crippen LogP contribution >= 0.6 is 0 Å². The average Bonchev–Trinajstić information content (AvgIpc) is 2.44. The lowest BCUT2D eigenvalue weighted by atomic mass is 10.1. The van der Waals surface area contributed by atoms with Crippen LogP contribution in [0.1, 0.15) is 33.3 Å². The molecule has 2 amide bonds. The lowest BCUT2D eigenvalue weighted by Gasteiger charge is -2.21. The highest BCUT2D eigenvalue weighted by Crippen LogP contribution is 2.09. The molecule has 0 aliphatic heterocycles. The van der Waals surface area contributed by atoms with Crippen LogP contribution in [-0.2, 0) is 26.0 Å². The third-order valence-electron chi connectivity index (χ3n) is 3.09. The zero-order chi connectivity index (χ0) is 19.3. The monoisotopic (exact) mass is 371 g/mol. The van der Waals surface area contributed by atoms with E-state index in [1.807, 2.05) is 0 Å². The Morgan fingerprint density at radius 3 is 2.24 bits per heavy atom. The van der Waals surface area contributed by atoms with Gasteiger partial charge in [0.2, 0.25) is 15.9 Å². The molecule has 0 spiro atoms. The first-order valence-corrected chi connectivity index (χ1v) is 9.32. The maximum absolute atomic E-state index is 11.9. The number of carbonyl (C=O) groups is 2. The number of hydrogen-bond donors (Lipinski definition) is 3. The van der Waals surface area contributed by atoms with Crippen LogP contribution < -0.4 is 15.8 Å². The Bertz CT molecular complexity index is 708. The molecule has 0 saturated carbocycles. The maximum atomic E-state index is 11.9. The topological polar surface area (TPSA) is 128 Å². The van der Waals surface area contributed by atoms with Crippen LogP contribution in [0.3, 0.4) is 0 Å². The van der Waals surface area contributed by atoms with E-state index in [-0.39, 0.29) is 10.8 Å². The third kappa shape index (κ3) is 7.99. The van der Waals surface area contributed by atoms with E-state index >= 15 is 0 Å². The van der Waals surface area contributed by atoms with E-state index < -0.39 is 27.8 Å². The highest BCUT2D eigenvalue weighted by atomic mass is 32.2. The number of rotatable bonds is 6. The van der Waals surface area contributed by atoms with Gasteiger partial charge in [-0.15, -0.1) is 0 Å². The molecule has 1 aromatic carbocycles. The summed E-state index contributed by atoms with van der Waals surface area (Å²) in [4.78, 5) is 23.6. The van der Waals surface area contributed by atoms with Gasteiger partial charge in [-0.25, -0.2) is 18.4 Å². The summed E-state index contributed by atoms with van der Waals surface area (Å²) in [7, 11) is -3.71. The van der Waals surface area contributed by atoms with Crippen molar-refractivity contribution in [3.63, 3.8) is 0 Å². The van der Waals surface area contributed by atoms with E-state index in [2.05, 4.69) is 10.6 Å². The van der Waals surface area contributed by atoms with Gasteiger partial charge < -0.3 is 15.4 Å². The number of carbonyl (C=O) groups excluding carboxylic acids is 2. The second-order valence-corrected chi connectivity index (χ2v) is 8.16. The Labute approximate surface area is 148 Å². The van der Waals surface area contributed by atoms with Crippen LogP contribution in [0.5, 0.6) is 0 Å². The highest BCUT2D eigenvalue weighted by Gasteiger charge is 2.20. The second kappa shape index (κ2) is 8.30. The van der Waals surface area contributed by atoms with Crippen molar-refractivity contribution in [2.24, 2.45) is 5.14 Å². The van der Waals surface area contributed by atoms with Crippen molar-refractivity contribution in [1.82, 2.24) is 10.6 Å². The molecule has 0 saturated heterocycles. The van der Waals surface area contributed by atoms with Gasteiger partial charge in [0.05, 0.1) is 4.90 Å². The van der Waals surface area contributed by atoms with Crippen molar-refractivity contribution in [3.05, 3.63) is 29.8 Å². The fraction of sp³-hybridized carbons (Fsp3) is 0.500. The molecule has 9 heteroatoms. The molecular formula is C16H25N3O5S. The Hall–Kier alpha value is -2.13. The summed E-state index contributed by atoms with van der Waals surface area (Å²) >= 11 is 0. The molecule has 140 valence electrons. The van der Waals surface area contributed by atoms with Gasteiger partial charge in [-0.2, -0.15) is 0 Å². The third-order valence-corrected chi connectivity index (χ3v) is 4.02. The number of benzene rings is 1. The van der Waals surface area contributed by atoms with Crippen molar-refractivity contribution < 1.29 is 22.7 Å². The molecule has 0 bridgehead atoms. The van der Waals surface area contributed by atoms with E-state index in [4.69, 9.17) is 9.88 Å². The first kappa shape index (κ1) is 20.9. The van der Waals surface area contributed by atoms with Gasteiger partial charge in [0.25, 0.3) is 0 Å². The predicted molar refractivity (Wildman–Crippen MR) is 93.4 cm³/mol. The lowest BCUT2D eigenvalue weighted by molar-refractivity contribution is -0.122. The molecule has 0 fully saturated rings. The molecule has 1 aromatic rings. The van der Waals surface area contributed by atoms with Crippen molar-refractivity contribution in [1.29, 1.82) is 0 Å². The van der Waals surface area contributed by atoms with Crippen LogP contribution in [0, 0.1) is 0 Å². The summed E-state index contributed by atoms with van der Waals surface area (Å²) in [6.45, 7) is 7.10. The summed E-state index contributed by atoms with van der Waals surface area (Å²) < 4.78 is 27.4. The van der Waals surface area contributed by atoms with Crippen molar-refractivity contribution in [3.8, 4) is 0 Å². The minimum Gasteiger partial charge on any atom is -0.444 e. The number of amides is 2. The van der Waals surface area contributed by atoms with Gasteiger partial charge in [-0.1, -0.05) is 12.1 Å².